The highest BCUT2D eigenvalue weighted by Crippen LogP contribution is 2.22. The molecule has 0 heterocycles. The maximum Gasteiger partial charge on any atom is 0.235 e. The van der Waals surface area contributed by atoms with E-state index in [1.165, 1.54) is 12.2 Å². The van der Waals surface area contributed by atoms with Gasteiger partial charge in [0.1, 0.15) is 0 Å². The molecule has 13 heavy (non-hydrogen) atoms. The molecule has 0 aromatic rings. The molecule has 1 aliphatic carbocycles. The van der Waals surface area contributed by atoms with E-state index in [0.29, 0.717) is 0 Å². The highest BCUT2D eigenvalue weighted by Gasteiger charge is 2.21. The number of nitrogens with zero attached hydrogens (tertiary/aromatic N) is 2. The summed E-state index contributed by atoms with van der Waals surface area (Å²) in [5.41, 5.74) is 0. The Hall–Kier alpha value is -1.50. The van der Waals surface area contributed by atoms with Crippen molar-refractivity contribution < 1.29 is 9.59 Å². The van der Waals surface area contributed by atoms with Gasteiger partial charge in [0.05, 0.1) is 12.1 Å². The first-order chi connectivity index (χ1) is 6.27. The molecule has 0 aromatic heterocycles. The molecule has 0 amide bonds. The SMILES string of the molecule is CC1CC(N=C=O)C=CC1N=C=O. The zero-order valence-corrected chi connectivity index (χ0v) is 7.30. The minimum Gasteiger partial charge on any atom is -0.211 e. The Bertz CT molecular complexity index is 299. The lowest BCUT2D eigenvalue weighted by molar-refractivity contribution is 0.435. The third-order valence-corrected chi connectivity index (χ3v) is 2.15. The van der Waals surface area contributed by atoms with Crippen molar-refractivity contribution in [3.63, 3.8) is 0 Å². The van der Waals surface area contributed by atoms with Crippen LogP contribution >= 0.6 is 0 Å². The van der Waals surface area contributed by atoms with Crippen molar-refractivity contribution >= 4 is 12.2 Å². The van der Waals surface area contributed by atoms with E-state index in [4.69, 9.17) is 0 Å². The van der Waals surface area contributed by atoms with Gasteiger partial charge in [-0.1, -0.05) is 19.1 Å². The molecule has 0 bridgehead atoms. The summed E-state index contributed by atoms with van der Waals surface area (Å²) in [4.78, 5) is 27.2. The summed E-state index contributed by atoms with van der Waals surface area (Å²) in [6.07, 6.45) is 7.33. The van der Waals surface area contributed by atoms with Gasteiger partial charge in [-0.15, -0.1) is 0 Å². The Morgan fingerprint density at radius 3 is 2.46 bits per heavy atom. The molecule has 0 aromatic carbocycles. The molecule has 3 atom stereocenters. The van der Waals surface area contributed by atoms with E-state index in [2.05, 4.69) is 9.98 Å². The monoisotopic (exact) mass is 178 g/mol. The van der Waals surface area contributed by atoms with Gasteiger partial charge in [-0.2, -0.15) is 9.98 Å². The molecule has 0 spiro atoms. The molecule has 0 saturated carbocycles. The molecule has 0 fully saturated rings. The summed E-state index contributed by atoms with van der Waals surface area (Å²) in [5, 5.41) is 0. The minimum atomic E-state index is -0.115. The van der Waals surface area contributed by atoms with Crippen LogP contribution in [0.4, 0.5) is 0 Å². The van der Waals surface area contributed by atoms with Crippen molar-refractivity contribution in [3.8, 4) is 0 Å². The smallest absolute Gasteiger partial charge is 0.211 e. The molecule has 0 N–H and O–H groups in total. The summed E-state index contributed by atoms with van der Waals surface area (Å²) < 4.78 is 0. The largest absolute Gasteiger partial charge is 0.235 e. The van der Waals surface area contributed by atoms with Gasteiger partial charge < -0.3 is 0 Å². The molecule has 68 valence electrons. The highest BCUT2D eigenvalue weighted by molar-refractivity contribution is 5.36. The van der Waals surface area contributed by atoms with E-state index in [0.717, 1.165) is 6.42 Å². The number of carbonyl (C=O) groups excluding carboxylic acids is 2. The van der Waals surface area contributed by atoms with Crippen molar-refractivity contribution in [1.82, 2.24) is 0 Å². The zero-order chi connectivity index (χ0) is 9.68. The lowest BCUT2D eigenvalue weighted by atomic mass is 9.89. The maximum atomic E-state index is 10.0. The second kappa shape index (κ2) is 4.51. The molecule has 0 radical (unpaired) electrons. The van der Waals surface area contributed by atoms with Crippen LogP contribution in [0.3, 0.4) is 0 Å². The van der Waals surface area contributed by atoms with Gasteiger partial charge in [0, 0.05) is 0 Å². The topological polar surface area (TPSA) is 58.9 Å². The Labute approximate surface area is 76.1 Å². The van der Waals surface area contributed by atoms with Gasteiger partial charge in [0.25, 0.3) is 0 Å². The third-order valence-electron chi connectivity index (χ3n) is 2.15. The normalized spacial score (nSPS) is 31.6. The Kier molecular flexibility index (Phi) is 3.32. The van der Waals surface area contributed by atoms with E-state index >= 15 is 0 Å². The van der Waals surface area contributed by atoms with E-state index in [1.807, 2.05) is 6.92 Å². The molecule has 4 heteroatoms. The lowest BCUT2D eigenvalue weighted by Crippen LogP contribution is -2.22. The Morgan fingerprint density at radius 2 is 1.92 bits per heavy atom. The van der Waals surface area contributed by atoms with Gasteiger partial charge in [0.15, 0.2) is 0 Å². The third kappa shape index (κ3) is 2.48. The van der Waals surface area contributed by atoms with Crippen molar-refractivity contribution in [2.45, 2.75) is 25.4 Å². The van der Waals surface area contributed by atoms with Crippen molar-refractivity contribution in [3.05, 3.63) is 12.2 Å². The van der Waals surface area contributed by atoms with E-state index in [1.54, 1.807) is 12.2 Å². The summed E-state index contributed by atoms with van der Waals surface area (Å²) in [6.45, 7) is 1.96. The Balaban J connectivity index is 2.73. The maximum absolute atomic E-state index is 10.0. The first kappa shape index (κ1) is 9.59. The minimum absolute atomic E-state index is 0.106. The summed E-state index contributed by atoms with van der Waals surface area (Å²) in [5.74, 6) is 0.216. The number of isocyanates is 2. The molecular weight excluding hydrogens is 168 g/mol. The molecule has 0 aliphatic heterocycles. The van der Waals surface area contributed by atoms with Crippen LogP contribution in [-0.2, 0) is 9.59 Å². The first-order valence-corrected chi connectivity index (χ1v) is 4.10. The summed E-state index contributed by atoms with van der Waals surface area (Å²) in [6, 6.07) is -0.221. The standard InChI is InChI=1S/C9H10N2O2/c1-7-4-8(10-5-12)2-3-9(7)11-6-13/h2-3,7-9H,4H2,1H3. The molecule has 1 rings (SSSR count). The second-order valence-corrected chi connectivity index (χ2v) is 3.10. The first-order valence-electron chi connectivity index (χ1n) is 4.10. The zero-order valence-electron chi connectivity index (χ0n) is 7.30. The fourth-order valence-electron chi connectivity index (χ4n) is 1.43. The molecule has 0 saturated heterocycles. The van der Waals surface area contributed by atoms with E-state index < -0.39 is 0 Å². The number of hydrogen-bond acceptors (Lipinski definition) is 4. The predicted octanol–water partition coefficient (Wildman–Crippen LogP) is 0.991. The summed E-state index contributed by atoms with van der Waals surface area (Å²) >= 11 is 0. The van der Waals surface area contributed by atoms with Crippen LogP contribution in [0.25, 0.3) is 0 Å². The molecule has 1 aliphatic rings. The van der Waals surface area contributed by atoms with Gasteiger partial charge in [0.2, 0.25) is 12.2 Å². The van der Waals surface area contributed by atoms with Crippen molar-refractivity contribution in [2.24, 2.45) is 15.9 Å². The Morgan fingerprint density at radius 1 is 1.23 bits per heavy atom. The van der Waals surface area contributed by atoms with Crippen LogP contribution in [0.15, 0.2) is 22.1 Å². The van der Waals surface area contributed by atoms with Crippen LogP contribution < -0.4 is 0 Å². The van der Waals surface area contributed by atoms with E-state index in [9.17, 15) is 9.59 Å². The number of rotatable bonds is 2. The van der Waals surface area contributed by atoms with Gasteiger partial charge in [-0.3, -0.25) is 0 Å². The molecule has 4 nitrogen and oxygen atoms in total. The highest BCUT2D eigenvalue weighted by atomic mass is 16.1. The van der Waals surface area contributed by atoms with Gasteiger partial charge in [-0.25, -0.2) is 9.59 Å². The van der Waals surface area contributed by atoms with Crippen LogP contribution in [0.1, 0.15) is 13.3 Å². The molecular formula is C9H10N2O2. The van der Waals surface area contributed by atoms with Crippen LogP contribution in [0.5, 0.6) is 0 Å². The van der Waals surface area contributed by atoms with Crippen LogP contribution in [-0.4, -0.2) is 24.2 Å². The fraction of sp³-hybridized carbons (Fsp3) is 0.556. The van der Waals surface area contributed by atoms with E-state index in [-0.39, 0.29) is 18.0 Å². The van der Waals surface area contributed by atoms with Crippen molar-refractivity contribution in [1.29, 1.82) is 0 Å². The van der Waals surface area contributed by atoms with Gasteiger partial charge >= 0.3 is 0 Å². The lowest BCUT2D eigenvalue weighted by Gasteiger charge is -2.22. The average molecular weight is 178 g/mol. The van der Waals surface area contributed by atoms with Gasteiger partial charge in [-0.05, 0) is 12.3 Å². The number of aliphatic imine (C=N–C) groups is 2. The number of hydrogen-bond donors (Lipinski definition) is 0. The summed E-state index contributed by atoms with van der Waals surface area (Å²) in [7, 11) is 0. The van der Waals surface area contributed by atoms with Crippen LogP contribution in [0.2, 0.25) is 0 Å². The average Bonchev–Trinajstić information content (AvgIpc) is 2.10. The van der Waals surface area contributed by atoms with Crippen molar-refractivity contribution in [2.75, 3.05) is 0 Å². The predicted molar refractivity (Wildman–Crippen MR) is 46.7 cm³/mol. The molecule has 3 unspecified atom stereocenters. The van der Waals surface area contributed by atoms with Crippen LogP contribution in [0, 0.1) is 5.92 Å². The quantitative estimate of drug-likeness (QED) is 0.359. The second-order valence-electron chi connectivity index (χ2n) is 3.10. The fourth-order valence-corrected chi connectivity index (χ4v) is 1.43.